The molecule has 0 bridgehead atoms. The van der Waals surface area contributed by atoms with Crippen LogP contribution in [0.4, 0.5) is 0 Å². The number of nitrogens with one attached hydrogen (secondary N) is 1. The van der Waals surface area contributed by atoms with Crippen LogP contribution in [0.15, 0.2) is 42.5 Å². The molecule has 0 saturated carbocycles. The number of hydrogen-bond acceptors (Lipinski definition) is 1. The largest absolute Gasteiger partial charge is 0.373 e. The van der Waals surface area contributed by atoms with E-state index in [0.29, 0.717) is 27.9 Å². The molecule has 4 rings (SSSR count). The van der Waals surface area contributed by atoms with E-state index < -0.39 is 0 Å². The van der Waals surface area contributed by atoms with Gasteiger partial charge in [-0.25, -0.2) is 0 Å². The lowest BCUT2D eigenvalue weighted by Gasteiger charge is -2.32. The fourth-order valence-corrected chi connectivity index (χ4v) is 4.48. The van der Waals surface area contributed by atoms with Crippen LogP contribution in [0, 0.1) is 5.92 Å². The third kappa shape index (κ3) is 2.25. The van der Waals surface area contributed by atoms with E-state index in [1.807, 2.05) is 12.1 Å². The molecule has 2 aromatic rings. The molecule has 22 heavy (non-hydrogen) atoms. The van der Waals surface area contributed by atoms with E-state index in [1.54, 1.807) is 0 Å². The summed E-state index contributed by atoms with van der Waals surface area (Å²) >= 11 is 17.7. The maximum absolute atomic E-state index is 6.25. The van der Waals surface area contributed by atoms with Crippen molar-refractivity contribution >= 4 is 40.4 Å². The average Bonchev–Trinajstić information content (AvgIpc) is 2.84. The van der Waals surface area contributed by atoms with Gasteiger partial charge in [0.1, 0.15) is 0 Å². The van der Waals surface area contributed by atoms with Gasteiger partial charge >= 0.3 is 0 Å². The highest BCUT2D eigenvalue weighted by Gasteiger charge is 2.43. The predicted octanol–water partition coefficient (Wildman–Crippen LogP) is 5.51. The number of hydrogen-bond donors (Lipinski definition) is 1. The summed E-state index contributed by atoms with van der Waals surface area (Å²) in [6.07, 6.45) is 2.07. The van der Waals surface area contributed by atoms with Gasteiger partial charge in [0, 0.05) is 5.92 Å². The molecule has 1 nitrogen and oxygen atoms in total. The van der Waals surface area contributed by atoms with E-state index >= 15 is 0 Å². The van der Waals surface area contributed by atoms with Crippen molar-refractivity contribution in [2.45, 2.75) is 24.8 Å². The molecule has 1 fully saturated rings. The summed E-state index contributed by atoms with van der Waals surface area (Å²) in [5.41, 5.74) is 3.99. The monoisotopic (exact) mass is 347 g/mol. The van der Waals surface area contributed by atoms with Gasteiger partial charge in [0.15, 0.2) is 0 Å². The molecular weight excluding hydrogens is 333 g/mol. The number of piperidine rings is 1. The Bertz CT molecular complexity index is 759. The van der Waals surface area contributed by atoms with Gasteiger partial charge in [0.25, 0.3) is 0 Å². The van der Waals surface area contributed by atoms with Gasteiger partial charge in [0.05, 0.1) is 21.1 Å². The molecule has 1 N–H and O–H groups in total. The zero-order chi connectivity index (χ0) is 15.3. The molecule has 0 aromatic heterocycles. The van der Waals surface area contributed by atoms with Crippen LogP contribution in [-0.4, -0.2) is 4.99 Å². The molecule has 1 heterocycles. The van der Waals surface area contributed by atoms with Crippen LogP contribution < -0.4 is 5.32 Å². The van der Waals surface area contributed by atoms with Gasteiger partial charge in [-0.15, -0.1) is 0 Å². The Morgan fingerprint density at radius 2 is 1.77 bits per heavy atom. The minimum Gasteiger partial charge on any atom is -0.373 e. The minimum atomic E-state index is 0.317. The number of benzene rings is 2. The van der Waals surface area contributed by atoms with Crippen molar-refractivity contribution in [3.63, 3.8) is 0 Å². The Balaban J connectivity index is 1.84. The number of thiocarbonyl (C=S) groups is 1. The first-order valence-electron chi connectivity index (χ1n) is 7.48. The van der Waals surface area contributed by atoms with Gasteiger partial charge in [-0.1, -0.05) is 65.8 Å². The maximum Gasteiger partial charge on any atom is 0.0758 e. The summed E-state index contributed by atoms with van der Waals surface area (Å²) < 4.78 is 0. The van der Waals surface area contributed by atoms with E-state index in [9.17, 15) is 0 Å². The van der Waals surface area contributed by atoms with Crippen LogP contribution in [0.3, 0.4) is 0 Å². The molecule has 2 aliphatic rings. The molecule has 0 amide bonds. The lowest BCUT2D eigenvalue weighted by Crippen LogP contribution is -2.36. The number of rotatable bonds is 1. The van der Waals surface area contributed by atoms with E-state index in [2.05, 4.69) is 35.6 Å². The molecule has 2 aromatic carbocycles. The second-order valence-electron chi connectivity index (χ2n) is 6.03. The van der Waals surface area contributed by atoms with Crippen molar-refractivity contribution in [2.24, 2.45) is 5.92 Å². The molecule has 3 atom stereocenters. The zero-order valence-corrected chi connectivity index (χ0v) is 14.2. The van der Waals surface area contributed by atoms with E-state index in [0.717, 1.165) is 17.8 Å². The van der Waals surface area contributed by atoms with Crippen molar-refractivity contribution in [2.75, 3.05) is 0 Å². The third-order valence-electron chi connectivity index (χ3n) is 4.85. The molecule has 1 aliphatic heterocycles. The topological polar surface area (TPSA) is 12.0 Å². The average molecular weight is 348 g/mol. The van der Waals surface area contributed by atoms with Crippen LogP contribution >= 0.6 is 35.4 Å². The Morgan fingerprint density at radius 3 is 2.55 bits per heavy atom. The zero-order valence-electron chi connectivity index (χ0n) is 11.9. The highest BCUT2D eigenvalue weighted by Crippen LogP contribution is 2.52. The second kappa shape index (κ2) is 5.52. The summed E-state index contributed by atoms with van der Waals surface area (Å²) in [7, 11) is 0. The van der Waals surface area contributed by atoms with Gasteiger partial charge < -0.3 is 5.32 Å². The van der Waals surface area contributed by atoms with Gasteiger partial charge in [0.2, 0.25) is 0 Å². The normalized spacial score (nSPS) is 26.3. The Kier molecular flexibility index (Phi) is 3.64. The molecule has 1 saturated heterocycles. The Morgan fingerprint density at radius 1 is 1.00 bits per heavy atom. The van der Waals surface area contributed by atoms with Crippen LogP contribution in [0.1, 0.15) is 41.5 Å². The fraction of sp³-hybridized carbons (Fsp3) is 0.278. The summed E-state index contributed by atoms with van der Waals surface area (Å²) in [5.74, 6) is 0.868. The number of halogens is 2. The first-order chi connectivity index (χ1) is 10.6. The Labute approximate surface area is 145 Å². The SMILES string of the molecule is S=C1CCC2C(N1)c1ccccc1C2c1ccc(Cl)c(Cl)c1. The van der Waals surface area contributed by atoms with E-state index in [-0.39, 0.29) is 0 Å². The molecule has 4 heteroatoms. The predicted molar refractivity (Wildman–Crippen MR) is 95.9 cm³/mol. The van der Waals surface area contributed by atoms with Crippen molar-refractivity contribution in [1.29, 1.82) is 0 Å². The lowest BCUT2D eigenvalue weighted by molar-refractivity contribution is 0.357. The Hall–Kier alpha value is -1.09. The van der Waals surface area contributed by atoms with Gasteiger partial charge in [-0.2, -0.15) is 0 Å². The van der Waals surface area contributed by atoms with Crippen molar-refractivity contribution in [1.82, 2.24) is 5.32 Å². The molecular formula is C18H15Cl2NS. The molecule has 0 spiro atoms. The highest BCUT2D eigenvalue weighted by molar-refractivity contribution is 7.80. The molecule has 3 unspecified atom stereocenters. The standard InChI is InChI=1S/C18H15Cl2NS/c19-14-7-5-10(9-15(14)20)17-11-3-1-2-4-12(11)18-13(17)6-8-16(22)21-18/h1-5,7,9,13,17-18H,6,8H2,(H,21,22). The van der Waals surface area contributed by atoms with Gasteiger partial charge in [-0.3, -0.25) is 0 Å². The quantitative estimate of drug-likeness (QED) is 0.682. The summed E-state index contributed by atoms with van der Waals surface area (Å²) in [5, 5.41) is 4.76. The summed E-state index contributed by atoms with van der Waals surface area (Å²) in [6, 6.07) is 15.0. The number of fused-ring (bicyclic) bond motifs is 3. The lowest BCUT2D eigenvalue weighted by atomic mass is 9.80. The molecule has 0 radical (unpaired) electrons. The van der Waals surface area contributed by atoms with Crippen molar-refractivity contribution in [3.8, 4) is 0 Å². The summed E-state index contributed by atoms with van der Waals surface area (Å²) in [6.45, 7) is 0. The van der Waals surface area contributed by atoms with Crippen molar-refractivity contribution < 1.29 is 0 Å². The van der Waals surface area contributed by atoms with E-state index in [1.165, 1.54) is 16.7 Å². The maximum atomic E-state index is 6.25. The molecule has 1 aliphatic carbocycles. The first kappa shape index (κ1) is 14.5. The van der Waals surface area contributed by atoms with E-state index in [4.69, 9.17) is 35.4 Å². The minimum absolute atomic E-state index is 0.317. The van der Waals surface area contributed by atoms with Crippen molar-refractivity contribution in [3.05, 3.63) is 69.2 Å². The van der Waals surface area contributed by atoms with Crippen LogP contribution in [0.2, 0.25) is 10.0 Å². The van der Waals surface area contributed by atoms with Gasteiger partial charge in [-0.05, 0) is 47.6 Å². The second-order valence-corrected chi connectivity index (χ2v) is 7.34. The first-order valence-corrected chi connectivity index (χ1v) is 8.64. The smallest absolute Gasteiger partial charge is 0.0758 e. The van der Waals surface area contributed by atoms with Crippen LogP contribution in [-0.2, 0) is 0 Å². The fourth-order valence-electron chi connectivity index (χ4n) is 3.93. The third-order valence-corrected chi connectivity index (χ3v) is 5.91. The highest BCUT2D eigenvalue weighted by atomic mass is 35.5. The van der Waals surface area contributed by atoms with Crippen LogP contribution in [0.25, 0.3) is 0 Å². The van der Waals surface area contributed by atoms with Crippen LogP contribution in [0.5, 0.6) is 0 Å². The molecule has 112 valence electrons. The summed E-state index contributed by atoms with van der Waals surface area (Å²) in [4.78, 5) is 0.978.